The Balaban J connectivity index is 1.95. The second-order valence-electron chi connectivity index (χ2n) is 4.86. The van der Waals surface area contributed by atoms with Crippen molar-refractivity contribution in [2.75, 3.05) is 18.5 Å². The van der Waals surface area contributed by atoms with Gasteiger partial charge in [-0.3, -0.25) is 4.79 Å². The van der Waals surface area contributed by atoms with Crippen molar-refractivity contribution in [3.8, 4) is 0 Å². The molecule has 1 aromatic carbocycles. The van der Waals surface area contributed by atoms with Gasteiger partial charge in [0.2, 0.25) is 5.91 Å². The Morgan fingerprint density at radius 3 is 2.75 bits per heavy atom. The predicted molar refractivity (Wildman–Crippen MR) is 76.4 cm³/mol. The minimum Gasteiger partial charge on any atom is -0.447 e. The highest BCUT2D eigenvalue weighted by atomic mass is 16.6. The molecular formula is C15H20N2O3. The molecule has 1 aliphatic rings. The monoisotopic (exact) mass is 276 g/mol. The first-order valence-corrected chi connectivity index (χ1v) is 6.99. The van der Waals surface area contributed by atoms with E-state index in [4.69, 9.17) is 4.74 Å². The molecule has 0 bridgehead atoms. The summed E-state index contributed by atoms with van der Waals surface area (Å²) in [6.07, 6.45) is 1.63. The van der Waals surface area contributed by atoms with E-state index in [-0.39, 0.29) is 11.9 Å². The lowest BCUT2D eigenvalue weighted by atomic mass is 10.1. The lowest BCUT2D eigenvalue weighted by Gasteiger charge is -2.20. The van der Waals surface area contributed by atoms with E-state index in [2.05, 4.69) is 12.2 Å². The van der Waals surface area contributed by atoms with Crippen LogP contribution in [0.2, 0.25) is 0 Å². The van der Waals surface area contributed by atoms with Gasteiger partial charge < -0.3 is 10.1 Å². The van der Waals surface area contributed by atoms with Gasteiger partial charge in [0.15, 0.2) is 0 Å². The van der Waals surface area contributed by atoms with E-state index >= 15 is 0 Å². The van der Waals surface area contributed by atoms with Crippen molar-refractivity contribution < 1.29 is 14.3 Å². The zero-order valence-corrected chi connectivity index (χ0v) is 11.7. The van der Waals surface area contributed by atoms with Crippen molar-refractivity contribution in [1.82, 2.24) is 4.90 Å². The maximum atomic E-state index is 12.1. The average Bonchev–Trinajstić information content (AvgIpc) is 2.86. The number of hydrogen-bond acceptors (Lipinski definition) is 4. The number of nitrogens with one attached hydrogen (secondary N) is 1. The number of amides is 2. The van der Waals surface area contributed by atoms with Crippen LogP contribution in [-0.2, 0) is 9.53 Å². The quantitative estimate of drug-likeness (QED) is 0.867. The van der Waals surface area contributed by atoms with E-state index in [0.717, 1.165) is 18.5 Å². The van der Waals surface area contributed by atoms with Gasteiger partial charge in [0.05, 0.1) is 6.54 Å². The van der Waals surface area contributed by atoms with Crippen molar-refractivity contribution >= 4 is 17.7 Å². The molecule has 1 unspecified atom stereocenters. The van der Waals surface area contributed by atoms with E-state index in [9.17, 15) is 9.59 Å². The topological polar surface area (TPSA) is 58.6 Å². The molecule has 1 fully saturated rings. The van der Waals surface area contributed by atoms with Crippen molar-refractivity contribution in [2.24, 2.45) is 0 Å². The summed E-state index contributed by atoms with van der Waals surface area (Å²) >= 11 is 0. The fourth-order valence-electron chi connectivity index (χ4n) is 2.28. The minimum atomic E-state index is -0.523. The summed E-state index contributed by atoms with van der Waals surface area (Å²) in [5.74, 6) is -0.172. The maximum absolute atomic E-state index is 12.1. The van der Waals surface area contributed by atoms with Crippen molar-refractivity contribution in [3.63, 3.8) is 0 Å². The van der Waals surface area contributed by atoms with Crippen LogP contribution in [0, 0.1) is 0 Å². The van der Waals surface area contributed by atoms with Crippen LogP contribution in [0.25, 0.3) is 0 Å². The molecule has 0 spiro atoms. The summed E-state index contributed by atoms with van der Waals surface area (Å²) in [7, 11) is 0. The lowest BCUT2D eigenvalue weighted by molar-refractivity contribution is -0.128. The van der Waals surface area contributed by atoms with E-state index in [1.54, 1.807) is 0 Å². The maximum Gasteiger partial charge on any atom is 0.416 e. The molecule has 0 aromatic heterocycles. The molecule has 1 heterocycles. The van der Waals surface area contributed by atoms with Gasteiger partial charge >= 0.3 is 6.09 Å². The number of nitrogens with zero attached hydrogens (tertiary/aromatic N) is 1. The number of rotatable bonds is 6. The van der Waals surface area contributed by atoms with Crippen LogP contribution in [0.1, 0.15) is 26.2 Å². The van der Waals surface area contributed by atoms with Gasteiger partial charge in [-0.1, -0.05) is 31.5 Å². The Labute approximate surface area is 118 Å². The third-order valence-corrected chi connectivity index (χ3v) is 3.26. The molecular weight excluding hydrogens is 256 g/mol. The van der Waals surface area contributed by atoms with E-state index in [1.165, 1.54) is 4.90 Å². The van der Waals surface area contributed by atoms with Crippen LogP contribution in [0.5, 0.6) is 0 Å². The number of anilines is 1. The van der Waals surface area contributed by atoms with Crippen molar-refractivity contribution in [2.45, 2.75) is 32.2 Å². The van der Waals surface area contributed by atoms with Gasteiger partial charge in [-0.25, -0.2) is 9.69 Å². The largest absolute Gasteiger partial charge is 0.447 e. The first-order valence-electron chi connectivity index (χ1n) is 6.99. The van der Waals surface area contributed by atoms with Crippen molar-refractivity contribution in [3.05, 3.63) is 30.3 Å². The van der Waals surface area contributed by atoms with Gasteiger partial charge in [-0.15, -0.1) is 0 Å². The number of cyclic esters (lactones) is 1. The third kappa shape index (κ3) is 3.73. The van der Waals surface area contributed by atoms with Gasteiger partial charge in [-0.05, 0) is 18.6 Å². The number of ether oxygens (including phenoxy) is 1. The molecule has 108 valence electrons. The Hall–Kier alpha value is -2.04. The van der Waals surface area contributed by atoms with Crippen LogP contribution >= 0.6 is 0 Å². The number of benzene rings is 1. The van der Waals surface area contributed by atoms with Gasteiger partial charge in [-0.2, -0.15) is 0 Å². The van der Waals surface area contributed by atoms with E-state index in [0.29, 0.717) is 19.6 Å². The normalized spacial score (nSPS) is 15.8. The summed E-state index contributed by atoms with van der Waals surface area (Å²) in [6.45, 7) is 2.74. The molecule has 0 radical (unpaired) electrons. The molecule has 1 aromatic rings. The summed E-state index contributed by atoms with van der Waals surface area (Å²) in [5.41, 5.74) is 0.989. The lowest BCUT2D eigenvalue weighted by Crippen LogP contribution is -2.36. The average molecular weight is 276 g/mol. The van der Waals surface area contributed by atoms with Crippen LogP contribution in [0.15, 0.2) is 30.3 Å². The van der Waals surface area contributed by atoms with E-state index < -0.39 is 6.09 Å². The summed E-state index contributed by atoms with van der Waals surface area (Å²) in [5, 5.41) is 3.35. The predicted octanol–water partition coefficient (Wildman–Crippen LogP) is 2.64. The highest BCUT2D eigenvalue weighted by Gasteiger charge is 2.29. The van der Waals surface area contributed by atoms with Crippen molar-refractivity contribution in [1.29, 1.82) is 0 Å². The second-order valence-corrected chi connectivity index (χ2v) is 4.86. The standard InChI is InChI=1S/C15H20N2O3/c1-2-6-13(16-12-7-4-3-5-8-12)11-14(18)17-9-10-20-15(17)19/h3-5,7-8,13,16H,2,6,9-11H2,1H3. The number of carbonyl (C=O) groups is 2. The molecule has 1 saturated heterocycles. The Morgan fingerprint density at radius 1 is 1.40 bits per heavy atom. The summed E-state index contributed by atoms with van der Waals surface area (Å²) in [4.78, 5) is 24.7. The Bertz CT molecular complexity index is 461. The van der Waals surface area contributed by atoms with Crippen LogP contribution in [-0.4, -0.2) is 36.1 Å². The minimum absolute atomic E-state index is 0.0308. The smallest absolute Gasteiger partial charge is 0.416 e. The highest BCUT2D eigenvalue weighted by Crippen LogP contribution is 2.15. The molecule has 0 aliphatic carbocycles. The molecule has 1 aliphatic heterocycles. The first-order chi connectivity index (χ1) is 9.70. The fourth-order valence-corrected chi connectivity index (χ4v) is 2.28. The molecule has 20 heavy (non-hydrogen) atoms. The van der Waals surface area contributed by atoms with Crippen LogP contribution in [0.4, 0.5) is 10.5 Å². The molecule has 1 atom stereocenters. The van der Waals surface area contributed by atoms with Crippen LogP contribution < -0.4 is 5.32 Å². The number of imide groups is 1. The molecule has 1 N–H and O–H groups in total. The molecule has 0 saturated carbocycles. The molecule has 2 rings (SSSR count). The third-order valence-electron chi connectivity index (χ3n) is 3.26. The zero-order valence-electron chi connectivity index (χ0n) is 11.7. The number of carbonyl (C=O) groups excluding carboxylic acids is 2. The second kappa shape index (κ2) is 6.93. The Morgan fingerprint density at radius 2 is 2.15 bits per heavy atom. The van der Waals surface area contributed by atoms with Gasteiger partial charge in [0.1, 0.15) is 6.61 Å². The Kier molecular flexibility index (Phi) is 4.98. The first kappa shape index (κ1) is 14.4. The summed E-state index contributed by atoms with van der Waals surface area (Å²) in [6, 6.07) is 9.82. The van der Waals surface area contributed by atoms with Gasteiger partial charge in [0, 0.05) is 18.2 Å². The molecule has 2 amide bonds. The molecule has 5 nitrogen and oxygen atoms in total. The van der Waals surface area contributed by atoms with Crippen LogP contribution in [0.3, 0.4) is 0 Å². The fraction of sp³-hybridized carbons (Fsp3) is 0.467. The summed E-state index contributed by atoms with van der Waals surface area (Å²) < 4.78 is 4.79. The zero-order chi connectivity index (χ0) is 14.4. The van der Waals surface area contributed by atoms with E-state index in [1.807, 2.05) is 30.3 Å². The highest BCUT2D eigenvalue weighted by molar-refractivity contribution is 5.93. The number of hydrogen-bond donors (Lipinski definition) is 1. The SMILES string of the molecule is CCCC(CC(=O)N1CCOC1=O)Nc1ccccc1. The number of para-hydroxylation sites is 1. The molecule has 5 heteroatoms. The van der Waals surface area contributed by atoms with Gasteiger partial charge in [0.25, 0.3) is 0 Å².